The maximum absolute atomic E-state index is 11.7. The van der Waals surface area contributed by atoms with Crippen LogP contribution in [0, 0.1) is 6.92 Å². The van der Waals surface area contributed by atoms with Gasteiger partial charge < -0.3 is 14.8 Å². The van der Waals surface area contributed by atoms with Gasteiger partial charge in [0.25, 0.3) is 0 Å². The van der Waals surface area contributed by atoms with E-state index in [-0.39, 0.29) is 12.5 Å². The highest BCUT2D eigenvalue weighted by atomic mass is 16.5. The second-order valence-corrected chi connectivity index (χ2v) is 5.31. The molecule has 0 aliphatic heterocycles. The number of hydrogen-bond acceptors (Lipinski definition) is 4. The number of H-pyrrole nitrogens is 1. The Morgan fingerprint density at radius 2 is 2.09 bits per heavy atom. The van der Waals surface area contributed by atoms with Crippen LogP contribution in [0.3, 0.4) is 0 Å². The molecule has 1 heterocycles. The molecule has 0 unspecified atom stereocenters. The van der Waals surface area contributed by atoms with Crippen molar-refractivity contribution in [2.45, 2.75) is 26.4 Å². The molecule has 0 aliphatic rings. The van der Waals surface area contributed by atoms with Crippen molar-refractivity contribution in [3.63, 3.8) is 0 Å². The van der Waals surface area contributed by atoms with Gasteiger partial charge in [0.05, 0.1) is 19.9 Å². The Morgan fingerprint density at radius 1 is 1.30 bits per heavy atom. The van der Waals surface area contributed by atoms with Gasteiger partial charge >= 0.3 is 0 Å². The zero-order chi connectivity index (χ0) is 16.5. The Hall–Kier alpha value is -2.34. The second kappa shape index (κ2) is 8.95. The molecule has 1 aromatic carbocycles. The fourth-order valence-electron chi connectivity index (χ4n) is 2.17. The fraction of sp³-hybridized carbons (Fsp3) is 0.412. The zero-order valence-corrected chi connectivity index (χ0v) is 13.6. The van der Waals surface area contributed by atoms with Crippen LogP contribution in [0.4, 0.5) is 0 Å². The molecule has 2 N–H and O–H groups in total. The Kier molecular flexibility index (Phi) is 6.62. The molecule has 1 aromatic heterocycles. The van der Waals surface area contributed by atoms with E-state index in [0.29, 0.717) is 13.2 Å². The van der Waals surface area contributed by atoms with Crippen LogP contribution in [0.2, 0.25) is 0 Å². The van der Waals surface area contributed by atoms with Crippen molar-refractivity contribution in [3.05, 3.63) is 47.3 Å². The summed E-state index contributed by atoms with van der Waals surface area (Å²) in [5.74, 6) is 0.710. The predicted molar refractivity (Wildman–Crippen MR) is 87.3 cm³/mol. The number of aromatic nitrogens is 2. The molecular weight excluding hydrogens is 294 g/mol. The van der Waals surface area contributed by atoms with E-state index in [1.54, 1.807) is 7.11 Å². The van der Waals surface area contributed by atoms with E-state index in [1.807, 2.05) is 37.4 Å². The minimum absolute atomic E-state index is 0.0662. The number of carbonyl (C=O) groups excluding carboxylic acids is 1. The molecule has 2 rings (SSSR count). The van der Waals surface area contributed by atoms with Crippen molar-refractivity contribution in [2.24, 2.45) is 0 Å². The summed E-state index contributed by atoms with van der Waals surface area (Å²) in [4.78, 5) is 11.7. The molecule has 1 amide bonds. The molecule has 0 aliphatic carbocycles. The van der Waals surface area contributed by atoms with Crippen molar-refractivity contribution in [1.29, 1.82) is 0 Å². The molecule has 2 aromatic rings. The molecule has 23 heavy (non-hydrogen) atoms. The lowest BCUT2D eigenvalue weighted by atomic mass is 10.1. The number of aryl methyl sites for hydroxylation is 2. The van der Waals surface area contributed by atoms with Crippen molar-refractivity contribution in [2.75, 3.05) is 20.3 Å². The quantitative estimate of drug-likeness (QED) is 0.694. The molecule has 0 spiro atoms. The summed E-state index contributed by atoms with van der Waals surface area (Å²) in [6.45, 7) is 3.10. The molecule has 0 bridgehead atoms. The van der Waals surface area contributed by atoms with Gasteiger partial charge in [-0.3, -0.25) is 9.89 Å². The van der Waals surface area contributed by atoms with Crippen LogP contribution < -0.4 is 10.1 Å². The average Bonchev–Trinajstić information content (AvgIpc) is 2.97. The van der Waals surface area contributed by atoms with Gasteiger partial charge in [-0.1, -0.05) is 12.1 Å². The summed E-state index contributed by atoms with van der Waals surface area (Å²) in [7, 11) is 1.63. The normalized spacial score (nSPS) is 10.5. The number of nitrogens with one attached hydrogen (secondary N) is 2. The molecule has 124 valence electrons. The van der Waals surface area contributed by atoms with E-state index in [1.165, 1.54) is 5.56 Å². The largest absolute Gasteiger partial charge is 0.497 e. The smallest absolute Gasteiger partial charge is 0.246 e. The van der Waals surface area contributed by atoms with Gasteiger partial charge in [0.15, 0.2) is 0 Å². The number of hydrogen-bond donors (Lipinski definition) is 2. The highest BCUT2D eigenvalue weighted by Gasteiger charge is 2.03. The second-order valence-electron chi connectivity index (χ2n) is 5.31. The molecule has 6 heteroatoms. The van der Waals surface area contributed by atoms with Gasteiger partial charge in [-0.2, -0.15) is 5.10 Å². The number of rotatable bonds is 9. The number of nitrogens with zero attached hydrogens (tertiary/aromatic N) is 1. The van der Waals surface area contributed by atoms with Crippen LogP contribution in [-0.2, 0) is 22.6 Å². The van der Waals surface area contributed by atoms with Gasteiger partial charge in [0.2, 0.25) is 5.91 Å². The van der Waals surface area contributed by atoms with E-state index < -0.39 is 0 Å². The first-order valence-electron chi connectivity index (χ1n) is 7.65. The molecule has 0 atom stereocenters. The number of benzene rings is 1. The molecular formula is C17H23N3O3. The van der Waals surface area contributed by atoms with Crippen molar-refractivity contribution in [3.8, 4) is 5.75 Å². The first-order valence-corrected chi connectivity index (χ1v) is 7.65. The Balaban J connectivity index is 1.57. The Bertz CT molecular complexity index is 608. The van der Waals surface area contributed by atoms with E-state index in [4.69, 9.17) is 9.47 Å². The molecule has 0 fully saturated rings. The Morgan fingerprint density at radius 3 is 2.74 bits per heavy atom. The van der Waals surface area contributed by atoms with Crippen LogP contribution in [0.1, 0.15) is 23.2 Å². The third kappa shape index (κ3) is 5.75. The predicted octanol–water partition coefficient (Wildman–Crippen LogP) is 1.99. The van der Waals surface area contributed by atoms with Gasteiger partial charge in [-0.25, -0.2) is 0 Å². The first-order chi connectivity index (χ1) is 11.2. The number of amides is 1. The highest BCUT2D eigenvalue weighted by Crippen LogP contribution is 2.11. The summed E-state index contributed by atoms with van der Waals surface area (Å²) in [5, 5.41) is 9.73. The first kappa shape index (κ1) is 17.0. The minimum Gasteiger partial charge on any atom is -0.497 e. The number of aromatic amines is 1. The summed E-state index contributed by atoms with van der Waals surface area (Å²) >= 11 is 0. The molecule has 6 nitrogen and oxygen atoms in total. The molecule has 0 radical (unpaired) electrons. The third-order valence-corrected chi connectivity index (χ3v) is 3.54. The summed E-state index contributed by atoms with van der Waals surface area (Å²) in [5.41, 5.74) is 3.28. The van der Waals surface area contributed by atoms with Gasteiger partial charge in [-0.15, -0.1) is 0 Å². The lowest BCUT2D eigenvalue weighted by Crippen LogP contribution is -2.28. The van der Waals surface area contributed by atoms with E-state index in [0.717, 1.165) is 29.8 Å². The van der Waals surface area contributed by atoms with E-state index in [2.05, 4.69) is 15.5 Å². The average molecular weight is 317 g/mol. The third-order valence-electron chi connectivity index (χ3n) is 3.54. The highest BCUT2D eigenvalue weighted by molar-refractivity contribution is 5.77. The van der Waals surface area contributed by atoms with Crippen LogP contribution >= 0.6 is 0 Å². The summed E-state index contributed by atoms with van der Waals surface area (Å²) in [6.07, 6.45) is 3.61. The maximum Gasteiger partial charge on any atom is 0.246 e. The van der Waals surface area contributed by atoms with Crippen molar-refractivity contribution in [1.82, 2.24) is 15.5 Å². The maximum atomic E-state index is 11.7. The van der Waals surface area contributed by atoms with E-state index >= 15 is 0 Å². The lowest BCUT2D eigenvalue weighted by molar-refractivity contribution is -0.126. The van der Waals surface area contributed by atoms with Crippen molar-refractivity contribution >= 4 is 5.91 Å². The van der Waals surface area contributed by atoms with Crippen LogP contribution in [0.25, 0.3) is 0 Å². The number of carbonyl (C=O) groups is 1. The van der Waals surface area contributed by atoms with Crippen molar-refractivity contribution < 1.29 is 14.3 Å². The van der Waals surface area contributed by atoms with Gasteiger partial charge in [0.1, 0.15) is 12.4 Å². The minimum atomic E-state index is -0.0950. The molecule has 0 saturated heterocycles. The topological polar surface area (TPSA) is 76.2 Å². The lowest BCUT2D eigenvalue weighted by Gasteiger charge is -2.07. The van der Waals surface area contributed by atoms with Crippen LogP contribution in [-0.4, -0.2) is 36.4 Å². The number of methoxy groups -OCH3 is 1. The van der Waals surface area contributed by atoms with Crippen LogP contribution in [0.5, 0.6) is 5.75 Å². The number of ether oxygens (including phenoxy) is 2. The van der Waals surface area contributed by atoms with E-state index in [9.17, 15) is 4.79 Å². The monoisotopic (exact) mass is 317 g/mol. The molecule has 0 saturated carbocycles. The van der Waals surface area contributed by atoms with Gasteiger partial charge in [-0.05, 0) is 43.0 Å². The fourth-order valence-corrected chi connectivity index (χ4v) is 2.17. The Labute approximate surface area is 136 Å². The SMILES string of the molecule is COc1ccc(COCC(=O)NCCCc2cn[nH]c2C)cc1. The zero-order valence-electron chi connectivity index (χ0n) is 13.6. The standard InChI is InChI=1S/C17H23N3O3/c1-13-15(10-19-20-13)4-3-9-18-17(21)12-23-11-14-5-7-16(22-2)8-6-14/h5-8,10H,3-4,9,11-12H2,1-2H3,(H,18,21)(H,19,20). The van der Waals surface area contributed by atoms with Crippen LogP contribution in [0.15, 0.2) is 30.5 Å². The summed E-state index contributed by atoms with van der Waals surface area (Å²) in [6, 6.07) is 7.58. The van der Waals surface area contributed by atoms with Gasteiger partial charge in [0, 0.05) is 12.2 Å². The summed E-state index contributed by atoms with van der Waals surface area (Å²) < 4.78 is 10.5.